The molecule has 24 heavy (non-hydrogen) atoms. The van der Waals surface area contributed by atoms with E-state index in [0.29, 0.717) is 26.2 Å². The van der Waals surface area contributed by atoms with E-state index >= 15 is 0 Å². The van der Waals surface area contributed by atoms with E-state index in [0.717, 1.165) is 11.5 Å². The van der Waals surface area contributed by atoms with Crippen LogP contribution >= 0.6 is 0 Å². The Hall–Kier alpha value is -2.39. The Kier molecular flexibility index (Phi) is 4.29. The van der Waals surface area contributed by atoms with Crippen molar-refractivity contribution in [3.63, 3.8) is 0 Å². The van der Waals surface area contributed by atoms with E-state index in [1.807, 2.05) is 30.0 Å². The van der Waals surface area contributed by atoms with Gasteiger partial charge in [0, 0.05) is 31.9 Å². The number of nitrogens with two attached hydrogens (primary N) is 1. The Bertz CT molecular complexity index is 854. The molecule has 128 valence electrons. The monoisotopic (exact) mass is 350 g/mol. The third-order valence-electron chi connectivity index (χ3n) is 3.85. The number of aromatic nitrogens is 1. The molecule has 2 aromatic heterocycles. The first-order chi connectivity index (χ1) is 11.4. The number of piperazine rings is 1. The zero-order valence-corrected chi connectivity index (χ0v) is 14.0. The zero-order valence-electron chi connectivity index (χ0n) is 13.2. The van der Waals surface area contributed by atoms with Crippen molar-refractivity contribution in [1.29, 1.82) is 0 Å². The topological polar surface area (TPSA) is 110 Å². The van der Waals surface area contributed by atoms with E-state index in [9.17, 15) is 13.2 Å². The summed E-state index contributed by atoms with van der Waals surface area (Å²) in [7, 11) is -3.78. The third kappa shape index (κ3) is 3.13. The van der Waals surface area contributed by atoms with Crippen LogP contribution in [0.15, 0.2) is 39.8 Å². The largest absolute Gasteiger partial charge is 0.438 e. The van der Waals surface area contributed by atoms with Gasteiger partial charge in [-0.3, -0.25) is 4.79 Å². The molecule has 2 aromatic rings. The van der Waals surface area contributed by atoms with Crippen LogP contribution in [-0.2, 0) is 10.0 Å². The molecule has 0 aliphatic carbocycles. The fourth-order valence-electron chi connectivity index (χ4n) is 2.58. The van der Waals surface area contributed by atoms with Crippen molar-refractivity contribution in [3.8, 4) is 0 Å². The quantitative estimate of drug-likeness (QED) is 0.864. The molecule has 1 fully saturated rings. The summed E-state index contributed by atoms with van der Waals surface area (Å²) in [6.45, 7) is 3.59. The maximum absolute atomic E-state index is 12.6. The number of carbonyl (C=O) groups excluding carboxylic acids is 1. The summed E-state index contributed by atoms with van der Waals surface area (Å²) < 4.78 is 31.5. The molecule has 3 heterocycles. The van der Waals surface area contributed by atoms with Gasteiger partial charge in [-0.05, 0) is 31.2 Å². The summed E-state index contributed by atoms with van der Waals surface area (Å²) in [6, 6.07) is 8.27. The summed E-state index contributed by atoms with van der Waals surface area (Å²) in [5.41, 5.74) is 6.00. The van der Waals surface area contributed by atoms with Crippen LogP contribution in [-0.4, -0.2) is 49.8 Å². The Morgan fingerprint density at radius 3 is 2.46 bits per heavy atom. The number of primary amides is 1. The van der Waals surface area contributed by atoms with Crippen LogP contribution < -0.4 is 10.6 Å². The second-order valence-corrected chi connectivity index (χ2v) is 7.38. The maximum Gasteiger partial charge on any atom is 0.284 e. The number of sulfonamides is 1. The van der Waals surface area contributed by atoms with Crippen LogP contribution in [0.5, 0.6) is 0 Å². The molecule has 8 nitrogen and oxygen atoms in total. The van der Waals surface area contributed by atoms with Gasteiger partial charge in [0.15, 0.2) is 5.76 Å². The minimum absolute atomic E-state index is 0.170. The number of aryl methyl sites for hydroxylation is 1. The molecule has 9 heteroatoms. The summed E-state index contributed by atoms with van der Waals surface area (Å²) >= 11 is 0. The molecule has 1 aliphatic heterocycles. The van der Waals surface area contributed by atoms with Crippen molar-refractivity contribution in [2.75, 3.05) is 31.1 Å². The highest BCUT2D eigenvalue weighted by molar-refractivity contribution is 7.89. The van der Waals surface area contributed by atoms with Crippen LogP contribution in [0.3, 0.4) is 0 Å². The van der Waals surface area contributed by atoms with Crippen molar-refractivity contribution in [2.24, 2.45) is 5.73 Å². The summed E-state index contributed by atoms with van der Waals surface area (Å²) in [4.78, 5) is 17.5. The summed E-state index contributed by atoms with van der Waals surface area (Å²) in [5, 5.41) is -0.265. The van der Waals surface area contributed by atoms with Gasteiger partial charge >= 0.3 is 0 Å². The predicted octanol–water partition coefficient (Wildman–Crippen LogP) is 0.593. The van der Waals surface area contributed by atoms with E-state index in [-0.39, 0.29) is 10.9 Å². The average molecular weight is 350 g/mol. The predicted molar refractivity (Wildman–Crippen MR) is 87.2 cm³/mol. The Balaban J connectivity index is 1.72. The van der Waals surface area contributed by atoms with E-state index in [1.165, 1.54) is 16.4 Å². The number of pyridine rings is 1. The molecule has 0 atom stereocenters. The first-order valence-electron chi connectivity index (χ1n) is 7.46. The minimum atomic E-state index is -3.78. The molecule has 0 aromatic carbocycles. The standard InChI is InChI=1S/C15H18N4O4S/c1-11-3-2-4-13(17-11)18-7-9-19(10-8-18)24(21,22)14-6-5-12(23-14)15(16)20/h2-6H,7-10H2,1H3,(H2,16,20). The second kappa shape index (κ2) is 6.25. The van der Waals surface area contributed by atoms with Gasteiger partial charge in [-0.25, -0.2) is 13.4 Å². The zero-order chi connectivity index (χ0) is 17.3. The molecule has 1 amide bonds. The highest BCUT2D eigenvalue weighted by Gasteiger charge is 2.31. The minimum Gasteiger partial charge on any atom is -0.438 e. The molecule has 0 radical (unpaired) electrons. The summed E-state index contributed by atoms with van der Waals surface area (Å²) in [5.74, 6) is -0.135. The number of nitrogens with zero attached hydrogens (tertiary/aromatic N) is 3. The first-order valence-corrected chi connectivity index (χ1v) is 8.90. The number of anilines is 1. The number of amides is 1. The highest BCUT2D eigenvalue weighted by Crippen LogP contribution is 2.22. The highest BCUT2D eigenvalue weighted by atomic mass is 32.2. The Morgan fingerprint density at radius 1 is 1.17 bits per heavy atom. The first kappa shape index (κ1) is 16.5. The van der Waals surface area contributed by atoms with Crippen LogP contribution in [0, 0.1) is 6.92 Å². The van der Waals surface area contributed by atoms with Gasteiger partial charge in [0.2, 0.25) is 5.09 Å². The fourth-order valence-corrected chi connectivity index (χ4v) is 3.91. The molecule has 0 saturated carbocycles. The molecule has 2 N–H and O–H groups in total. The lowest BCUT2D eigenvalue weighted by atomic mass is 10.3. The van der Waals surface area contributed by atoms with Gasteiger partial charge in [0.05, 0.1) is 0 Å². The lowest BCUT2D eigenvalue weighted by Gasteiger charge is -2.34. The number of rotatable bonds is 4. The molecule has 0 bridgehead atoms. The van der Waals surface area contributed by atoms with Crippen molar-refractivity contribution < 1.29 is 17.6 Å². The number of furan rings is 1. The van der Waals surface area contributed by atoms with Crippen LogP contribution in [0.1, 0.15) is 16.2 Å². The van der Waals surface area contributed by atoms with Gasteiger partial charge in [0.1, 0.15) is 5.82 Å². The number of hydrogen-bond donors (Lipinski definition) is 1. The number of hydrogen-bond acceptors (Lipinski definition) is 6. The molecule has 3 rings (SSSR count). The average Bonchev–Trinajstić information content (AvgIpc) is 3.06. The van der Waals surface area contributed by atoms with Crippen LogP contribution in [0.2, 0.25) is 0 Å². The SMILES string of the molecule is Cc1cccc(N2CCN(S(=O)(=O)c3ccc(C(N)=O)o3)CC2)n1. The third-order valence-corrected chi connectivity index (χ3v) is 5.63. The lowest BCUT2D eigenvalue weighted by Crippen LogP contribution is -2.48. The van der Waals surface area contributed by atoms with E-state index in [1.54, 1.807) is 0 Å². The molecular weight excluding hydrogens is 332 g/mol. The number of carbonyl (C=O) groups is 1. The van der Waals surface area contributed by atoms with Crippen molar-refractivity contribution in [1.82, 2.24) is 9.29 Å². The van der Waals surface area contributed by atoms with Crippen molar-refractivity contribution in [3.05, 3.63) is 41.8 Å². The smallest absolute Gasteiger partial charge is 0.284 e. The van der Waals surface area contributed by atoms with Gasteiger partial charge in [0.25, 0.3) is 15.9 Å². The lowest BCUT2D eigenvalue weighted by molar-refractivity contribution is 0.0968. The molecule has 0 unspecified atom stereocenters. The van der Waals surface area contributed by atoms with Crippen LogP contribution in [0.4, 0.5) is 5.82 Å². The Labute approximate surface area is 139 Å². The van der Waals surface area contributed by atoms with Crippen LogP contribution in [0.25, 0.3) is 0 Å². The molecule has 1 aliphatic rings. The Morgan fingerprint density at radius 2 is 1.88 bits per heavy atom. The van der Waals surface area contributed by atoms with Gasteiger partial charge in [-0.2, -0.15) is 4.31 Å². The molecule has 1 saturated heterocycles. The molecule has 0 spiro atoms. The normalized spacial score (nSPS) is 16.3. The van der Waals surface area contributed by atoms with E-state index < -0.39 is 15.9 Å². The van der Waals surface area contributed by atoms with E-state index in [4.69, 9.17) is 10.2 Å². The molecular formula is C15H18N4O4S. The van der Waals surface area contributed by atoms with Gasteiger partial charge in [-0.1, -0.05) is 6.07 Å². The summed E-state index contributed by atoms with van der Waals surface area (Å²) in [6.07, 6.45) is 0. The van der Waals surface area contributed by atoms with Crippen molar-refractivity contribution >= 4 is 21.7 Å². The van der Waals surface area contributed by atoms with E-state index in [2.05, 4.69) is 4.98 Å². The van der Waals surface area contributed by atoms with Gasteiger partial charge < -0.3 is 15.1 Å². The van der Waals surface area contributed by atoms with Gasteiger partial charge in [-0.15, -0.1) is 0 Å². The van der Waals surface area contributed by atoms with Crippen molar-refractivity contribution in [2.45, 2.75) is 12.0 Å². The second-order valence-electron chi connectivity index (χ2n) is 5.51. The fraction of sp³-hybridized carbons (Fsp3) is 0.333. The maximum atomic E-state index is 12.6.